The molecule has 11 heteroatoms. The van der Waals surface area contributed by atoms with Gasteiger partial charge in [-0.3, -0.25) is 4.79 Å². The standard InChI is InChI=1S/C29H38ClN7O3/c1-20-21(19-35(5)26(38)18-34-28(39)40-29(2,3)4)7-6-8-24(20)22-15-32-27(33-16-22)37-13-11-36(12-14-37)25-10-9-23(30)17-31-25/h6-10,15-17,20-21H,11-14,18-19H2,1-5H3,(H,34,39). The van der Waals surface area contributed by atoms with E-state index < -0.39 is 11.7 Å². The number of carbonyl (C=O) groups excluding carboxylic acids is 2. The highest BCUT2D eigenvalue weighted by molar-refractivity contribution is 6.30. The summed E-state index contributed by atoms with van der Waals surface area (Å²) < 4.78 is 5.21. The van der Waals surface area contributed by atoms with Crippen molar-refractivity contribution in [2.45, 2.75) is 33.3 Å². The van der Waals surface area contributed by atoms with Gasteiger partial charge >= 0.3 is 6.09 Å². The van der Waals surface area contributed by atoms with Gasteiger partial charge in [-0.1, -0.05) is 36.8 Å². The van der Waals surface area contributed by atoms with E-state index >= 15 is 0 Å². The lowest BCUT2D eigenvalue weighted by Gasteiger charge is -2.35. The van der Waals surface area contributed by atoms with Gasteiger partial charge < -0.3 is 24.8 Å². The molecule has 2 aromatic rings. The lowest BCUT2D eigenvalue weighted by atomic mass is 9.81. The van der Waals surface area contributed by atoms with Gasteiger partial charge in [0, 0.05) is 69.8 Å². The maximum Gasteiger partial charge on any atom is 0.408 e. The van der Waals surface area contributed by atoms with E-state index in [4.69, 9.17) is 16.3 Å². The molecule has 0 aromatic carbocycles. The maximum atomic E-state index is 12.6. The number of hydrogen-bond donors (Lipinski definition) is 1. The molecule has 1 N–H and O–H groups in total. The van der Waals surface area contributed by atoms with E-state index in [0.29, 0.717) is 17.5 Å². The number of amides is 2. The Morgan fingerprint density at radius 2 is 1.75 bits per heavy atom. The Hall–Kier alpha value is -3.66. The zero-order valence-corrected chi connectivity index (χ0v) is 24.6. The third-order valence-corrected chi connectivity index (χ3v) is 7.25. The summed E-state index contributed by atoms with van der Waals surface area (Å²) in [5, 5.41) is 3.17. The Morgan fingerprint density at radius 1 is 1.07 bits per heavy atom. The van der Waals surface area contributed by atoms with Gasteiger partial charge in [-0.15, -0.1) is 0 Å². The Balaban J connectivity index is 1.29. The summed E-state index contributed by atoms with van der Waals surface area (Å²) in [4.78, 5) is 44.4. The van der Waals surface area contributed by atoms with Crippen molar-refractivity contribution in [1.82, 2.24) is 25.2 Å². The smallest absolute Gasteiger partial charge is 0.408 e. The molecular weight excluding hydrogens is 530 g/mol. The molecule has 1 fully saturated rings. The molecule has 2 atom stereocenters. The Kier molecular flexibility index (Phi) is 9.29. The highest BCUT2D eigenvalue weighted by atomic mass is 35.5. The molecule has 0 bridgehead atoms. The van der Waals surface area contributed by atoms with Gasteiger partial charge in [0.25, 0.3) is 0 Å². The second-order valence-corrected chi connectivity index (χ2v) is 11.6. The van der Waals surface area contributed by atoms with Crippen LogP contribution in [0.25, 0.3) is 5.57 Å². The van der Waals surface area contributed by atoms with Crippen LogP contribution in [0.5, 0.6) is 0 Å². The minimum Gasteiger partial charge on any atom is -0.444 e. The molecule has 10 nitrogen and oxygen atoms in total. The number of allylic oxidation sites excluding steroid dienone is 3. The molecule has 40 heavy (non-hydrogen) atoms. The fourth-order valence-electron chi connectivity index (χ4n) is 4.77. The third-order valence-electron chi connectivity index (χ3n) is 7.03. The van der Waals surface area contributed by atoms with Gasteiger partial charge in [0.05, 0.1) is 5.02 Å². The van der Waals surface area contributed by atoms with Crippen LogP contribution in [0.2, 0.25) is 5.02 Å². The highest BCUT2D eigenvalue weighted by Gasteiger charge is 2.26. The van der Waals surface area contributed by atoms with Crippen LogP contribution in [-0.4, -0.2) is 83.8 Å². The van der Waals surface area contributed by atoms with E-state index in [2.05, 4.69) is 49.1 Å². The Morgan fingerprint density at radius 3 is 2.38 bits per heavy atom. The van der Waals surface area contributed by atoms with Crippen LogP contribution in [0.3, 0.4) is 0 Å². The minimum atomic E-state index is -0.614. The molecule has 0 radical (unpaired) electrons. The summed E-state index contributed by atoms with van der Waals surface area (Å²) in [6.07, 6.45) is 11.1. The van der Waals surface area contributed by atoms with Crippen LogP contribution < -0.4 is 15.1 Å². The fraction of sp³-hybridized carbons (Fsp3) is 0.483. The SMILES string of the molecule is CC1C(c2cnc(N3CCN(c4ccc(Cl)cn4)CC3)nc2)=CC=CC1CN(C)C(=O)CNC(=O)OC(C)(C)C. The number of pyridine rings is 1. The van der Waals surface area contributed by atoms with E-state index in [1.54, 1.807) is 38.9 Å². The van der Waals surface area contributed by atoms with Crippen molar-refractivity contribution in [1.29, 1.82) is 0 Å². The van der Waals surface area contributed by atoms with Gasteiger partial charge in [-0.2, -0.15) is 0 Å². The molecule has 2 amide bonds. The number of carbonyl (C=O) groups is 2. The summed E-state index contributed by atoms with van der Waals surface area (Å²) in [6.45, 7) is 11.2. The average molecular weight is 568 g/mol. The zero-order valence-electron chi connectivity index (χ0n) is 23.8. The first-order valence-electron chi connectivity index (χ1n) is 13.5. The van der Waals surface area contributed by atoms with Crippen molar-refractivity contribution >= 4 is 40.9 Å². The minimum absolute atomic E-state index is 0.112. The summed E-state index contributed by atoms with van der Waals surface area (Å²) in [6, 6.07) is 3.80. The van der Waals surface area contributed by atoms with E-state index in [1.165, 1.54) is 0 Å². The fourth-order valence-corrected chi connectivity index (χ4v) is 4.88. The molecule has 0 spiro atoms. The third kappa shape index (κ3) is 7.71. The number of hydrogen-bond acceptors (Lipinski definition) is 8. The molecule has 2 aromatic heterocycles. The normalized spacial score (nSPS) is 19.2. The molecule has 214 valence electrons. The van der Waals surface area contributed by atoms with Crippen molar-refractivity contribution in [3.05, 3.63) is 59.5 Å². The van der Waals surface area contributed by atoms with Gasteiger partial charge in [0.15, 0.2) is 0 Å². The van der Waals surface area contributed by atoms with Crippen LogP contribution in [0, 0.1) is 11.8 Å². The number of nitrogens with one attached hydrogen (secondary N) is 1. The maximum absolute atomic E-state index is 12.6. The largest absolute Gasteiger partial charge is 0.444 e. The Labute approximate surface area is 241 Å². The van der Waals surface area contributed by atoms with Gasteiger partial charge in [-0.05, 0) is 44.4 Å². The Bertz CT molecular complexity index is 1230. The number of piperazine rings is 1. The number of ether oxygens (including phenoxy) is 1. The quantitative estimate of drug-likeness (QED) is 0.535. The van der Waals surface area contributed by atoms with Gasteiger partial charge in [0.1, 0.15) is 18.0 Å². The predicted octanol–water partition coefficient (Wildman–Crippen LogP) is 4.04. The molecule has 3 heterocycles. The molecule has 1 saturated heterocycles. The van der Waals surface area contributed by atoms with Crippen molar-refractivity contribution in [2.24, 2.45) is 11.8 Å². The van der Waals surface area contributed by atoms with Crippen LogP contribution >= 0.6 is 11.6 Å². The molecule has 2 aliphatic rings. The molecular formula is C29H38ClN7O3. The summed E-state index contributed by atoms with van der Waals surface area (Å²) in [5.41, 5.74) is 1.48. The number of likely N-dealkylation sites (N-methyl/N-ethyl adjacent to an activating group) is 1. The number of alkyl carbamates (subject to hydrolysis) is 1. The van der Waals surface area contributed by atoms with Gasteiger partial charge in [-0.25, -0.2) is 19.7 Å². The summed E-state index contributed by atoms with van der Waals surface area (Å²) in [5.74, 6) is 1.73. The zero-order chi connectivity index (χ0) is 28.9. The van der Waals surface area contributed by atoms with Crippen LogP contribution in [0.1, 0.15) is 33.3 Å². The molecule has 0 saturated carbocycles. The molecule has 4 rings (SSSR count). The van der Waals surface area contributed by atoms with E-state index in [1.807, 2.05) is 30.6 Å². The molecule has 1 aliphatic carbocycles. The number of anilines is 2. The van der Waals surface area contributed by atoms with Crippen LogP contribution in [-0.2, 0) is 9.53 Å². The van der Waals surface area contributed by atoms with Gasteiger partial charge in [0.2, 0.25) is 11.9 Å². The highest BCUT2D eigenvalue weighted by Crippen LogP contribution is 2.33. The number of aromatic nitrogens is 3. The van der Waals surface area contributed by atoms with Crippen molar-refractivity contribution in [3.8, 4) is 0 Å². The topological polar surface area (TPSA) is 104 Å². The number of rotatable bonds is 7. The second-order valence-electron chi connectivity index (χ2n) is 11.2. The number of nitrogens with zero attached hydrogens (tertiary/aromatic N) is 6. The first-order valence-corrected chi connectivity index (χ1v) is 13.9. The van der Waals surface area contributed by atoms with E-state index in [-0.39, 0.29) is 24.3 Å². The first-order chi connectivity index (χ1) is 19.0. The van der Waals surface area contributed by atoms with E-state index in [0.717, 1.165) is 43.1 Å². The number of halogens is 1. The van der Waals surface area contributed by atoms with Crippen molar-refractivity contribution in [2.75, 3.05) is 56.1 Å². The summed E-state index contributed by atoms with van der Waals surface area (Å²) >= 11 is 5.97. The molecule has 2 unspecified atom stereocenters. The van der Waals surface area contributed by atoms with Crippen molar-refractivity contribution < 1.29 is 14.3 Å². The van der Waals surface area contributed by atoms with Crippen molar-refractivity contribution in [3.63, 3.8) is 0 Å². The lowest BCUT2D eigenvalue weighted by molar-refractivity contribution is -0.129. The monoisotopic (exact) mass is 567 g/mol. The lowest BCUT2D eigenvalue weighted by Crippen LogP contribution is -2.47. The average Bonchev–Trinajstić information content (AvgIpc) is 2.92. The van der Waals surface area contributed by atoms with Crippen LogP contribution in [0.15, 0.2) is 49.0 Å². The van der Waals surface area contributed by atoms with Crippen LogP contribution in [0.4, 0.5) is 16.6 Å². The summed E-state index contributed by atoms with van der Waals surface area (Å²) in [7, 11) is 1.75. The first kappa shape index (κ1) is 29.3. The molecule has 1 aliphatic heterocycles. The predicted molar refractivity (Wildman–Crippen MR) is 157 cm³/mol. The second kappa shape index (κ2) is 12.7. The van der Waals surface area contributed by atoms with E-state index in [9.17, 15) is 9.59 Å².